The second kappa shape index (κ2) is 8.45. The van der Waals surface area contributed by atoms with E-state index in [9.17, 15) is 5.11 Å². The first kappa shape index (κ1) is 17.9. The van der Waals surface area contributed by atoms with Crippen molar-refractivity contribution in [3.05, 3.63) is 51.3 Å². The number of hydrogen-bond acceptors (Lipinski definition) is 5. The van der Waals surface area contributed by atoms with Crippen molar-refractivity contribution >= 4 is 23.2 Å². The Hall–Kier alpha value is -1.40. The average Bonchev–Trinajstić information content (AvgIpc) is 2.56. The predicted octanol–water partition coefficient (Wildman–Crippen LogP) is 3.09. The van der Waals surface area contributed by atoms with Crippen LogP contribution in [0, 0.1) is 6.92 Å². The summed E-state index contributed by atoms with van der Waals surface area (Å²) in [7, 11) is 1.64. The van der Waals surface area contributed by atoms with E-state index in [2.05, 4.69) is 15.1 Å². The summed E-state index contributed by atoms with van der Waals surface area (Å²) >= 11 is 12.2. The summed E-state index contributed by atoms with van der Waals surface area (Å²) < 4.78 is 5.16. The van der Waals surface area contributed by atoms with Crippen LogP contribution in [0.5, 0.6) is 5.75 Å². The summed E-state index contributed by atoms with van der Waals surface area (Å²) in [6, 6.07) is 7.82. The highest BCUT2D eigenvalue weighted by Gasteiger charge is 2.15. The van der Waals surface area contributed by atoms with Crippen molar-refractivity contribution in [1.29, 1.82) is 0 Å². The van der Waals surface area contributed by atoms with Crippen LogP contribution in [-0.4, -0.2) is 40.5 Å². The minimum absolute atomic E-state index is 0.0546. The first-order chi connectivity index (χ1) is 11.0. The Morgan fingerprint density at radius 1 is 1.09 bits per heavy atom. The number of rotatable bonds is 7. The van der Waals surface area contributed by atoms with Crippen molar-refractivity contribution in [3.63, 3.8) is 0 Å². The molecule has 1 aromatic carbocycles. The van der Waals surface area contributed by atoms with E-state index in [0.29, 0.717) is 29.9 Å². The van der Waals surface area contributed by atoms with Crippen LogP contribution in [-0.2, 0) is 13.1 Å². The van der Waals surface area contributed by atoms with Gasteiger partial charge in [-0.3, -0.25) is 4.90 Å². The van der Waals surface area contributed by atoms with Crippen LogP contribution >= 0.6 is 23.2 Å². The molecule has 0 aliphatic carbocycles. The molecule has 0 radical (unpaired) electrons. The number of halogens is 2. The lowest BCUT2D eigenvalue weighted by atomic mass is 10.1. The largest absolute Gasteiger partial charge is 0.497 e. The van der Waals surface area contributed by atoms with Crippen molar-refractivity contribution in [1.82, 2.24) is 15.1 Å². The molecule has 0 bridgehead atoms. The number of aromatic nitrogens is 2. The molecule has 1 aromatic heterocycles. The number of hydrogen-bond donors (Lipinski definition) is 1. The first-order valence-electron chi connectivity index (χ1n) is 7.18. The molecule has 5 nitrogen and oxygen atoms in total. The molecule has 7 heteroatoms. The van der Waals surface area contributed by atoms with Gasteiger partial charge in [-0.15, -0.1) is 10.2 Å². The van der Waals surface area contributed by atoms with E-state index in [1.54, 1.807) is 7.11 Å². The van der Waals surface area contributed by atoms with Crippen LogP contribution in [0.25, 0.3) is 0 Å². The van der Waals surface area contributed by atoms with Crippen LogP contribution in [0.4, 0.5) is 0 Å². The summed E-state index contributed by atoms with van der Waals surface area (Å²) in [6.07, 6.45) is 0. The van der Waals surface area contributed by atoms with E-state index >= 15 is 0 Å². The SMILES string of the molecule is COc1ccc(CN(CCO)Cc2c(Cl)nnc(Cl)c2C)cc1. The van der Waals surface area contributed by atoms with Crippen molar-refractivity contribution in [2.24, 2.45) is 0 Å². The molecule has 0 saturated carbocycles. The third-order valence-corrected chi connectivity index (χ3v) is 4.26. The fraction of sp³-hybridized carbons (Fsp3) is 0.375. The van der Waals surface area contributed by atoms with Crippen LogP contribution in [0.2, 0.25) is 10.3 Å². The van der Waals surface area contributed by atoms with E-state index in [1.807, 2.05) is 31.2 Å². The van der Waals surface area contributed by atoms with Crippen LogP contribution in [0.15, 0.2) is 24.3 Å². The smallest absolute Gasteiger partial charge is 0.156 e. The number of methoxy groups -OCH3 is 1. The van der Waals surface area contributed by atoms with Gasteiger partial charge in [0, 0.05) is 25.2 Å². The molecule has 0 saturated heterocycles. The predicted molar refractivity (Wildman–Crippen MR) is 91.0 cm³/mol. The number of nitrogens with zero attached hydrogens (tertiary/aromatic N) is 3. The highest BCUT2D eigenvalue weighted by Crippen LogP contribution is 2.24. The molecule has 0 fully saturated rings. The Morgan fingerprint density at radius 3 is 2.35 bits per heavy atom. The van der Waals surface area contributed by atoms with Gasteiger partial charge >= 0.3 is 0 Å². The third-order valence-electron chi connectivity index (χ3n) is 3.60. The maximum atomic E-state index is 9.32. The molecule has 2 aromatic rings. The summed E-state index contributed by atoms with van der Waals surface area (Å²) in [5.74, 6) is 0.812. The summed E-state index contributed by atoms with van der Waals surface area (Å²) in [4.78, 5) is 2.08. The van der Waals surface area contributed by atoms with Gasteiger partial charge in [-0.2, -0.15) is 0 Å². The van der Waals surface area contributed by atoms with Crippen molar-refractivity contribution in [3.8, 4) is 5.75 Å². The zero-order chi connectivity index (χ0) is 16.8. The lowest BCUT2D eigenvalue weighted by Crippen LogP contribution is -2.27. The lowest BCUT2D eigenvalue weighted by Gasteiger charge is -2.23. The Labute approximate surface area is 145 Å². The molecule has 0 spiro atoms. The van der Waals surface area contributed by atoms with Crippen LogP contribution < -0.4 is 4.74 Å². The van der Waals surface area contributed by atoms with Gasteiger partial charge in [0.05, 0.1) is 13.7 Å². The summed E-state index contributed by atoms with van der Waals surface area (Å²) in [5.41, 5.74) is 2.75. The first-order valence-corrected chi connectivity index (χ1v) is 7.94. The molecule has 2 rings (SSSR count). The summed E-state index contributed by atoms with van der Waals surface area (Å²) in [6.45, 7) is 3.64. The molecule has 0 unspecified atom stereocenters. The zero-order valence-corrected chi connectivity index (χ0v) is 14.6. The monoisotopic (exact) mass is 355 g/mol. The molecular formula is C16H19Cl2N3O2. The van der Waals surface area contributed by atoms with E-state index in [4.69, 9.17) is 27.9 Å². The Bertz CT molecular complexity index is 651. The minimum atomic E-state index is 0.0546. The standard InChI is InChI=1S/C16H19Cl2N3O2/c1-11-14(16(18)20-19-15(11)17)10-21(7-8-22)9-12-3-5-13(23-2)6-4-12/h3-6,22H,7-10H2,1-2H3. The maximum Gasteiger partial charge on any atom is 0.156 e. The fourth-order valence-electron chi connectivity index (χ4n) is 2.25. The van der Waals surface area contributed by atoms with Gasteiger partial charge in [-0.25, -0.2) is 0 Å². The molecule has 0 aliphatic rings. The van der Waals surface area contributed by atoms with Crippen LogP contribution in [0.3, 0.4) is 0 Å². The van der Waals surface area contributed by atoms with Gasteiger partial charge in [0.2, 0.25) is 0 Å². The molecule has 1 N–H and O–H groups in total. The Kier molecular flexibility index (Phi) is 6.59. The summed E-state index contributed by atoms with van der Waals surface area (Å²) in [5, 5.41) is 17.7. The van der Waals surface area contributed by atoms with Gasteiger partial charge in [-0.05, 0) is 30.2 Å². The molecular weight excluding hydrogens is 337 g/mol. The molecule has 124 valence electrons. The van der Waals surface area contributed by atoms with Gasteiger partial charge in [0.1, 0.15) is 5.75 Å². The molecule has 1 heterocycles. The molecule has 0 aliphatic heterocycles. The second-order valence-electron chi connectivity index (χ2n) is 5.17. The Balaban J connectivity index is 2.16. The number of aliphatic hydroxyl groups is 1. The van der Waals surface area contributed by atoms with E-state index in [1.165, 1.54) is 0 Å². The molecule has 23 heavy (non-hydrogen) atoms. The fourth-order valence-corrected chi connectivity index (χ4v) is 2.65. The topological polar surface area (TPSA) is 58.5 Å². The molecule has 0 atom stereocenters. The van der Waals surface area contributed by atoms with Crippen molar-refractivity contribution in [2.75, 3.05) is 20.3 Å². The average molecular weight is 356 g/mol. The number of ether oxygens (including phenoxy) is 1. The quantitative estimate of drug-likeness (QED) is 0.826. The Morgan fingerprint density at radius 2 is 1.74 bits per heavy atom. The van der Waals surface area contributed by atoms with Gasteiger partial charge < -0.3 is 9.84 Å². The normalized spacial score (nSPS) is 11.0. The number of aliphatic hydroxyl groups excluding tert-OH is 1. The highest BCUT2D eigenvalue weighted by molar-refractivity contribution is 6.32. The zero-order valence-electron chi connectivity index (χ0n) is 13.1. The van der Waals surface area contributed by atoms with Crippen molar-refractivity contribution in [2.45, 2.75) is 20.0 Å². The van der Waals surface area contributed by atoms with Gasteiger partial charge in [-0.1, -0.05) is 35.3 Å². The van der Waals surface area contributed by atoms with E-state index in [-0.39, 0.29) is 6.61 Å². The van der Waals surface area contributed by atoms with Crippen LogP contribution in [0.1, 0.15) is 16.7 Å². The maximum absolute atomic E-state index is 9.32. The second-order valence-corrected chi connectivity index (χ2v) is 5.88. The third kappa shape index (κ3) is 4.78. The highest BCUT2D eigenvalue weighted by atomic mass is 35.5. The lowest BCUT2D eigenvalue weighted by molar-refractivity contribution is 0.184. The van der Waals surface area contributed by atoms with Gasteiger partial charge in [0.15, 0.2) is 10.3 Å². The molecule has 0 amide bonds. The van der Waals surface area contributed by atoms with E-state index in [0.717, 1.165) is 22.4 Å². The van der Waals surface area contributed by atoms with Crippen molar-refractivity contribution < 1.29 is 9.84 Å². The minimum Gasteiger partial charge on any atom is -0.497 e. The van der Waals surface area contributed by atoms with Gasteiger partial charge in [0.25, 0.3) is 0 Å². The van der Waals surface area contributed by atoms with E-state index < -0.39 is 0 Å². The number of benzene rings is 1.